The Hall–Kier alpha value is -4.53. The number of fused-ring (bicyclic) bond motifs is 3. The average molecular weight is 734 g/mol. The molecule has 3 heterocycles. The maximum atomic E-state index is 13.9. The standard InChI is InChI=1S/C40H47NO12/c1-3-50-39(48)38-28(20-45)32(24-16-25(19-44)34(47)26(17-24)22-7-8-30-23(15-22)9-11-41-30)33-36(51-14-6-13-43)27-18-31(40(2,49)10-4-5-12-42)52-35(27)29(21-46)37(33)53-38/h7-9,11,15,20,25-26,31,41-44,46,49H,3-6,10,12-14,16-19,21H2,1-2H3/b32-24-/t25-,26-,31+,40+/m1/s1. The molecule has 1 aliphatic carbocycles. The van der Waals surface area contributed by atoms with Crippen LogP contribution in [0, 0.1) is 5.92 Å². The predicted molar refractivity (Wildman–Crippen MR) is 192 cm³/mol. The number of ketones is 1. The van der Waals surface area contributed by atoms with E-state index in [4.69, 9.17) is 18.9 Å². The van der Waals surface area contributed by atoms with Crippen molar-refractivity contribution in [3.63, 3.8) is 0 Å². The van der Waals surface area contributed by atoms with E-state index in [2.05, 4.69) is 4.98 Å². The van der Waals surface area contributed by atoms with Crippen molar-refractivity contribution in [1.82, 2.24) is 4.98 Å². The van der Waals surface area contributed by atoms with Crippen LogP contribution in [0.4, 0.5) is 0 Å². The Bertz CT molecular complexity index is 1940. The Kier molecular flexibility index (Phi) is 11.7. The van der Waals surface area contributed by atoms with Gasteiger partial charge in [0.15, 0.2) is 6.29 Å². The second kappa shape index (κ2) is 16.2. The zero-order valence-electron chi connectivity index (χ0n) is 30.0. The van der Waals surface area contributed by atoms with Crippen molar-refractivity contribution in [2.24, 2.45) is 5.92 Å². The summed E-state index contributed by atoms with van der Waals surface area (Å²) in [4.78, 5) is 43.8. The van der Waals surface area contributed by atoms with E-state index in [1.807, 2.05) is 24.3 Å². The molecule has 4 atom stereocenters. The van der Waals surface area contributed by atoms with E-state index in [9.17, 15) is 39.9 Å². The highest BCUT2D eigenvalue weighted by Crippen LogP contribution is 2.57. The van der Waals surface area contributed by atoms with E-state index in [0.717, 1.165) is 16.5 Å². The van der Waals surface area contributed by atoms with Crippen LogP contribution in [0.25, 0.3) is 16.5 Å². The summed E-state index contributed by atoms with van der Waals surface area (Å²) in [6.45, 7) is 1.98. The summed E-state index contributed by atoms with van der Waals surface area (Å²) in [5.74, 6) is -2.63. The number of aromatic nitrogens is 1. The van der Waals surface area contributed by atoms with Crippen molar-refractivity contribution < 1.29 is 58.9 Å². The average Bonchev–Trinajstić information content (AvgIpc) is 3.82. The molecule has 1 aromatic heterocycles. The van der Waals surface area contributed by atoms with Gasteiger partial charge in [-0.1, -0.05) is 11.6 Å². The molecule has 1 saturated carbocycles. The maximum absolute atomic E-state index is 13.9. The zero-order chi connectivity index (χ0) is 37.9. The van der Waals surface area contributed by atoms with Gasteiger partial charge >= 0.3 is 5.97 Å². The number of nitrogens with one attached hydrogen (secondary N) is 1. The summed E-state index contributed by atoms with van der Waals surface area (Å²) in [6, 6.07) is 7.55. The number of carbonyl (C=O) groups is 3. The van der Waals surface area contributed by atoms with Gasteiger partial charge in [-0.3, -0.25) is 9.59 Å². The molecule has 13 nitrogen and oxygen atoms in total. The molecule has 13 heteroatoms. The van der Waals surface area contributed by atoms with E-state index < -0.39 is 48.5 Å². The highest BCUT2D eigenvalue weighted by atomic mass is 16.6. The maximum Gasteiger partial charge on any atom is 0.375 e. The van der Waals surface area contributed by atoms with Crippen LogP contribution in [0.2, 0.25) is 0 Å². The third-order valence-corrected chi connectivity index (χ3v) is 10.5. The number of aliphatic hydroxyl groups excluding tert-OH is 4. The number of esters is 1. The van der Waals surface area contributed by atoms with E-state index in [1.54, 1.807) is 20.0 Å². The zero-order valence-corrected chi connectivity index (χ0v) is 30.0. The summed E-state index contributed by atoms with van der Waals surface area (Å²) in [5, 5.41) is 52.9. The summed E-state index contributed by atoms with van der Waals surface area (Å²) in [7, 11) is 0. The van der Waals surface area contributed by atoms with Crippen molar-refractivity contribution in [2.75, 3.05) is 33.0 Å². The van der Waals surface area contributed by atoms with Crippen molar-refractivity contribution in [2.45, 2.75) is 83.0 Å². The minimum Gasteiger partial charge on any atom is -0.492 e. The van der Waals surface area contributed by atoms with Gasteiger partial charge < -0.3 is 49.5 Å². The Morgan fingerprint density at radius 1 is 1.06 bits per heavy atom. The normalized spacial score (nSPS) is 22.2. The first-order valence-corrected chi connectivity index (χ1v) is 18.2. The van der Waals surface area contributed by atoms with Crippen LogP contribution in [0.15, 0.2) is 47.4 Å². The van der Waals surface area contributed by atoms with Gasteiger partial charge in [0.1, 0.15) is 29.1 Å². The van der Waals surface area contributed by atoms with Gasteiger partial charge in [-0.2, -0.15) is 0 Å². The number of aliphatic hydroxyl groups is 5. The van der Waals surface area contributed by atoms with Crippen LogP contribution in [0.1, 0.15) is 80.5 Å². The molecule has 6 rings (SSSR count). The Balaban J connectivity index is 1.61. The number of benzene rings is 2. The van der Waals surface area contributed by atoms with Crippen LogP contribution in [-0.2, 0) is 32.1 Å². The van der Waals surface area contributed by atoms with Gasteiger partial charge in [0.2, 0.25) is 5.76 Å². The molecule has 2 aliphatic heterocycles. The molecular weight excluding hydrogens is 686 g/mol. The lowest BCUT2D eigenvalue weighted by molar-refractivity contribution is -0.141. The molecule has 0 spiro atoms. The van der Waals surface area contributed by atoms with Crippen molar-refractivity contribution >= 4 is 34.5 Å². The number of hydrogen-bond donors (Lipinski definition) is 6. The molecule has 3 aliphatic rings. The number of allylic oxidation sites excluding steroid dienone is 3. The molecule has 0 unspecified atom stereocenters. The molecule has 53 heavy (non-hydrogen) atoms. The van der Waals surface area contributed by atoms with Gasteiger partial charge in [0.25, 0.3) is 0 Å². The molecule has 0 amide bonds. The Morgan fingerprint density at radius 2 is 1.85 bits per heavy atom. The van der Waals surface area contributed by atoms with Crippen LogP contribution in [-0.4, -0.2) is 93.3 Å². The van der Waals surface area contributed by atoms with Gasteiger partial charge in [-0.15, -0.1) is 0 Å². The fraction of sp³-hybridized carbons (Fsp3) is 0.475. The lowest BCUT2D eigenvalue weighted by Gasteiger charge is -2.34. The molecule has 6 N–H and O–H groups in total. The molecule has 0 bridgehead atoms. The van der Waals surface area contributed by atoms with Gasteiger partial charge in [-0.25, -0.2) is 4.79 Å². The number of H-pyrrole nitrogens is 1. The third kappa shape index (κ3) is 7.24. The number of Topliss-reactive ketones (excluding diaryl/α,β-unsaturated/α-hetero) is 1. The van der Waals surface area contributed by atoms with Crippen molar-refractivity contribution in [3.05, 3.63) is 69.6 Å². The molecule has 0 saturated heterocycles. The molecule has 3 aromatic rings. The van der Waals surface area contributed by atoms with Gasteiger partial charge in [-0.05, 0) is 75.1 Å². The Morgan fingerprint density at radius 3 is 2.55 bits per heavy atom. The highest BCUT2D eigenvalue weighted by Gasteiger charge is 2.46. The van der Waals surface area contributed by atoms with Crippen LogP contribution >= 0.6 is 0 Å². The number of hydrogen-bond acceptors (Lipinski definition) is 12. The molecule has 2 aromatic carbocycles. The summed E-state index contributed by atoms with van der Waals surface area (Å²) in [6.07, 6.45) is 3.40. The number of ether oxygens (including phenoxy) is 4. The smallest absolute Gasteiger partial charge is 0.375 e. The topological polar surface area (TPSA) is 205 Å². The number of aldehydes is 1. The number of unbranched alkanes of at least 4 members (excludes halogenated alkanes) is 1. The molecule has 284 valence electrons. The van der Waals surface area contributed by atoms with E-state index in [0.29, 0.717) is 36.7 Å². The van der Waals surface area contributed by atoms with Crippen LogP contribution in [0.5, 0.6) is 17.2 Å². The first-order chi connectivity index (χ1) is 25.6. The number of carbonyl (C=O) groups excluding carboxylic acids is 3. The minimum atomic E-state index is -1.36. The van der Waals surface area contributed by atoms with Gasteiger partial charge in [0, 0.05) is 60.7 Å². The predicted octanol–water partition coefficient (Wildman–Crippen LogP) is 3.56. The molecule has 1 fully saturated rings. The summed E-state index contributed by atoms with van der Waals surface area (Å²) >= 11 is 0. The highest BCUT2D eigenvalue weighted by molar-refractivity contribution is 6.11. The molecular formula is C40H47NO12. The second-order valence-corrected chi connectivity index (χ2v) is 14.0. The van der Waals surface area contributed by atoms with Crippen molar-refractivity contribution in [1.29, 1.82) is 0 Å². The summed E-state index contributed by atoms with van der Waals surface area (Å²) < 4.78 is 24.4. The fourth-order valence-electron chi connectivity index (χ4n) is 7.75. The minimum absolute atomic E-state index is 0.00952. The second-order valence-electron chi connectivity index (χ2n) is 14.0. The molecule has 0 radical (unpaired) electrons. The van der Waals surface area contributed by atoms with Crippen molar-refractivity contribution in [3.8, 4) is 17.2 Å². The first kappa shape index (κ1) is 38.2. The fourth-order valence-corrected chi connectivity index (χ4v) is 7.75. The van der Waals surface area contributed by atoms with E-state index in [1.165, 1.54) is 0 Å². The van der Waals surface area contributed by atoms with Gasteiger partial charge in [0.05, 0.1) is 48.7 Å². The number of aromatic amines is 1. The monoisotopic (exact) mass is 733 g/mol. The summed E-state index contributed by atoms with van der Waals surface area (Å²) in [5.41, 5.74) is 1.85. The largest absolute Gasteiger partial charge is 0.492 e. The quantitative estimate of drug-likeness (QED) is 0.0754. The van der Waals surface area contributed by atoms with Crippen LogP contribution < -0.4 is 14.2 Å². The lowest BCUT2D eigenvalue weighted by atomic mass is 9.71. The van der Waals surface area contributed by atoms with Crippen LogP contribution in [0.3, 0.4) is 0 Å². The van der Waals surface area contributed by atoms with E-state index >= 15 is 0 Å². The SMILES string of the molecule is CCOC(=O)C1=C(C=O)/C(=C2\C[C@H](CO)C(=O)[C@@H](c3ccc4[nH]ccc4c3)C2)c2c(OCCCO)c3c(c(CO)c2O1)O[C@H]([C@@](C)(O)CCCCO)C3. The lowest BCUT2D eigenvalue weighted by Crippen LogP contribution is -2.42. The number of rotatable bonds is 15. The first-order valence-electron chi connectivity index (χ1n) is 18.2. The third-order valence-electron chi connectivity index (χ3n) is 10.5. The van der Waals surface area contributed by atoms with E-state index in [-0.39, 0.29) is 97.4 Å². The Labute approximate surface area is 306 Å².